The molecule has 2 rings (SSSR count). The first-order valence-corrected chi connectivity index (χ1v) is 3.24. The SMILES string of the molecule is O=C1Nc2ccccc2C1=O.[NaH]. The number of para-hydroxylation sites is 1. The summed E-state index contributed by atoms with van der Waals surface area (Å²) in [5.74, 6) is -0.980. The molecule has 1 N–H and O–H groups in total. The van der Waals surface area contributed by atoms with Gasteiger partial charge >= 0.3 is 29.6 Å². The number of fused-ring (bicyclic) bond motifs is 1. The summed E-state index contributed by atoms with van der Waals surface area (Å²) in [7, 11) is 0. The van der Waals surface area contributed by atoms with Crippen LogP contribution in [-0.4, -0.2) is 41.2 Å². The second kappa shape index (κ2) is 3.39. The molecule has 0 saturated heterocycles. The topological polar surface area (TPSA) is 46.2 Å². The van der Waals surface area contributed by atoms with Crippen molar-refractivity contribution in [3.63, 3.8) is 0 Å². The zero-order valence-electron chi connectivity index (χ0n) is 5.63. The molecule has 3 nitrogen and oxygen atoms in total. The van der Waals surface area contributed by atoms with Gasteiger partial charge in [-0.2, -0.15) is 0 Å². The Kier molecular flexibility index (Phi) is 2.67. The number of hydrogen-bond donors (Lipinski definition) is 1. The fourth-order valence-corrected chi connectivity index (χ4v) is 1.09. The molecule has 12 heavy (non-hydrogen) atoms. The van der Waals surface area contributed by atoms with E-state index in [1.807, 2.05) is 0 Å². The molecule has 0 fully saturated rings. The maximum atomic E-state index is 11.0. The summed E-state index contributed by atoms with van der Waals surface area (Å²) in [6.45, 7) is 0. The van der Waals surface area contributed by atoms with Gasteiger partial charge in [0.1, 0.15) is 0 Å². The van der Waals surface area contributed by atoms with Crippen LogP contribution in [0.3, 0.4) is 0 Å². The average molecular weight is 171 g/mol. The van der Waals surface area contributed by atoms with Crippen molar-refractivity contribution in [2.75, 3.05) is 5.32 Å². The van der Waals surface area contributed by atoms with E-state index >= 15 is 0 Å². The molecule has 4 heteroatoms. The van der Waals surface area contributed by atoms with Crippen molar-refractivity contribution in [2.24, 2.45) is 0 Å². The van der Waals surface area contributed by atoms with E-state index in [4.69, 9.17) is 0 Å². The molecular formula is C8H6NNaO2. The van der Waals surface area contributed by atoms with Crippen LogP contribution in [0.4, 0.5) is 5.69 Å². The van der Waals surface area contributed by atoms with Crippen molar-refractivity contribution in [3.8, 4) is 0 Å². The molecule has 0 aromatic heterocycles. The molecule has 1 heterocycles. The Morgan fingerprint density at radius 3 is 2.42 bits per heavy atom. The van der Waals surface area contributed by atoms with E-state index in [-0.39, 0.29) is 29.6 Å². The summed E-state index contributed by atoms with van der Waals surface area (Å²) in [5.41, 5.74) is 1.08. The van der Waals surface area contributed by atoms with E-state index in [2.05, 4.69) is 5.32 Å². The van der Waals surface area contributed by atoms with Crippen LogP contribution in [0.15, 0.2) is 24.3 Å². The minimum absolute atomic E-state index is 0. The van der Waals surface area contributed by atoms with Crippen LogP contribution < -0.4 is 5.32 Å². The maximum absolute atomic E-state index is 11.0. The van der Waals surface area contributed by atoms with Crippen molar-refractivity contribution in [1.82, 2.24) is 0 Å². The van der Waals surface area contributed by atoms with Crippen molar-refractivity contribution in [2.45, 2.75) is 0 Å². The van der Waals surface area contributed by atoms with Gasteiger partial charge in [-0.1, -0.05) is 12.1 Å². The Morgan fingerprint density at radius 2 is 1.75 bits per heavy atom. The number of anilines is 1. The van der Waals surface area contributed by atoms with Crippen LogP contribution in [0.2, 0.25) is 0 Å². The molecule has 0 spiro atoms. The van der Waals surface area contributed by atoms with Crippen LogP contribution in [0.25, 0.3) is 0 Å². The number of rotatable bonds is 0. The van der Waals surface area contributed by atoms with Crippen LogP contribution in [0.5, 0.6) is 0 Å². The summed E-state index contributed by atoms with van der Waals surface area (Å²) in [5, 5.41) is 2.46. The van der Waals surface area contributed by atoms with Gasteiger partial charge in [0.25, 0.3) is 11.7 Å². The van der Waals surface area contributed by atoms with Gasteiger partial charge in [0.2, 0.25) is 0 Å². The molecule has 0 unspecified atom stereocenters. The fourth-order valence-electron chi connectivity index (χ4n) is 1.09. The number of Topliss-reactive ketones (excluding diaryl/α,β-unsaturated/α-hetero) is 1. The van der Waals surface area contributed by atoms with E-state index in [9.17, 15) is 9.59 Å². The van der Waals surface area contributed by atoms with Crippen LogP contribution in [-0.2, 0) is 4.79 Å². The third kappa shape index (κ3) is 1.31. The number of carbonyl (C=O) groups excluding carboxylic acids is 2. The molecular weight excluding hydrogens is 165 g/mol. The number of amides is 1. The van der Waals surface area contributed by atoms with Gasteiger partial charge < -0.3 is 5.32 Å². The first-order valence-electron chi connectivity index (χ1n) is 3.24. The average Bonchev–Trinajstić information content (AvgIpc) is 2.30. The number of hydrogen-bond acceptors (Lipinski definition) is 2. The van der Waals surface area contributed by atoms with Gasteiger partial charge in [0.15, 0.2) is 0 Å². The third-order valence-corrected chi connectivity index (χ3v) is 1.63. The Morgan fingerprint density at radius 1 is 1.08 bits per heavy atom. The van der Waals surface area contributed by atoms with Crippen LogP contribution in [0.1, 0.15) is 10.4 Å². The van der Waals surface area contributed by atoms with Crippen LogP contribution >= 0.6 is 0 Å². The Bertz CT molecular complexity index is 349. The second-order valence-corrected chi connectivity index (χ2v) is 2.33. The second-order valence-electron chi connectivity index (χ2n) is 2.33. The molecule has 1 amide bonds. The van der Waals surface area contributed by atoms with E-state index in [0.717, 1.165) is 0 Å². The number of carbonyl (C=O) groups is 2. The van der Waals surface area contributed by atoms with E-state index in [1.165, 1.54) is 0 Å². The monoisotopic (exact) mass is 171 g/mol. The summed E-state index contributed by atoms with van der Waals surface area (Å²) in [6.07, 6.45) is 0. The molecule has 1 aliphatic heterocycles. The Labute approximate surface area is 91.4 Å². The first kappa shape index (κ1) is 9.45. The predicted molar refractivity (Wildman–Crippen MR) is 46.6 cm³/mol. The fraction of sp³-hybridized carbons (Fsp3) is 0. The zero-order valence-corrected chi connectivity index (χ0v) is 5.63. The summed E-state index contributed by atoms with van der Waals surface area (Å²) in [4.78, 5) is 21.8. The van der Waals surface area contributed by atoms with Crippen molar-refractivity contribution in [3.05, 3.63) is 29.8 Å². The predicted octanol–water partition coefficient (Wildman–Crippen LogP) is 0.173. The molecule has 0 atom stereocenters. The Hall–Kier alpha value is -0.640. The molecule has 1 aliphatic rings. The van der Waals surface area contributed by atoms with Gasteiger partial charge in [-0.15, -0.1) is 0 Å². The molecule has 0 bridgehead atoms. The van der Waals surface area contributed by atoms with Gasteiger partial charge in [-0.25, -0.2) is 0 Å². The summed E-state index contributed by atoms with van der Waals surface area (Å²) in [6, 6.07) is 6.85. The Balaban J connectivity index is 0.000000720. The van der Waals surface area contributed by atoms with E-state index in [0.29, 0.717) is 11.3 Å². The van der Waals surface area contributed by atoms with E-state index in [1.54, 1.807) is 24.3 Å². The van der Waals surface area contributed by atoms with Crippen molar-refractivity contribution < 1.29 is 9.59 Å². The van der Waals surface area contributed by atoms with Crippen molar-refractivity contribution in [1.29, 1.82) is 0 Å². The molecule has 0 saturated carbocycles. The summed E-state index contributed by atoms with van der Waals surface area (Å²) < 4.78 is 0. The normalized spacial score (nSPS) is 13.3. The summed E-state index contributed by atoms with van der Waals surface area (Å²) >= 11 is 0. The van der Waals surface area contributed by atoms with Gasteiger partial charge in [-0.05, 0) is 12.1 Å². The van der Waals surface area contributed by atoms with Crippen molar-refractivity contribution >= 4 is 46.9 Å². The van der Waals surface area contributed by atoms with Gasteiger partial charge in [-0.3, -0.25) is 9.59 Å². The third-order valence-electron chi connectivity index (χ3n) is 1.63. The molecule has 0 aliphatic carbocycles. The van der Waals surface area contributed by atoms with Gasteiger partial charge in [0, 0.05) is 0 Å². The number of benzene rings is 1. The number of nitrogens with one attached hydrogen (secondary N) is 1. The standard InChI is InChI=1S/C8H5NO2.Na.H/c10-7-5-3-1-2-4-6(5)9-8(7)11;;/h1-4H,(H,9,10,11);;. The first-order chi connectivity index (χ1) is 5.29. The molecule has 1 aromatic carbocycles. The van der Waals surface area contributed by atoms with Gasteiger partial charge in [0.05, 0.1) is 11.3 Å². The minimum atomic E-state index is -0.536. The van der Waals surface area contributed by atoms with Crippen LogP contribution in [0, 0.1) is 0 Å². The van der Waals surface area contributed by atoms with E-state index < -0.39 is 11.7 Å². The number of ketones is 1. The quantitative estimate of drug-likeness (QED) is 0.447. The molecule has 1 aromatic rings. The zero-order chi connectivity index (χ0) is 7.84. The molecule has 56 valence electrons. The molecule has 0 radical (unpaired) electrons.